The average Bonchev–Trinajstić information content (AvgIpc) is 3.85. The first-order valence-electron chi connectivity index (χ1n) is 19.0. The van der Waals surface area contributed by atoms with Crippen LogP contribution in [0.4, 0.5) is 10.6 Å². The van der Waals surface area contributed by atoms with Crippen LogP contribution in [0.1, 0.15) is 57.1 Å². The molecule has 290 valence electrons. The molecule has 1 aliphatic carbocycles. The second-order valence-corrected chi connectivity index (χ2v) is 14.1. The van der Waals surface area contributed by atoms with E-state index in [1.807, 2.05) is 109 Å². The van der Waals surface area contributed by atoms with E-state index in [1.165, 1.54) is 21.7 Å². The molecule has 0 radical (unpaired) electrons. The second kappa shape index (κ2) is 16.8. The molecule has 2 atom stereocenters. The minimum absolute atomic E-state index is 0.0309. The van der Waals surface area contributed by atoms with Gasteiger partial charge < -0.3 is 25.0 Å². The normalized spacial score (nSPS) is 15.6. The molecule has 0 unspecified atom stereocenters. The fourth-order valence-electron chi connectivity index (χ4n) is 7.73. The van der Waals surface area contributed by atoms with Crippen LogP contribution >= 0.6 is 0 Å². The molecule has 3 amide bonds. The van der Waals surface area contributed by atoms with Crippen molar-refractivity contribution in [2.45, 2.75) is 30.5 Å². The van der Waals surface area contributed by atoms with E-state index in [-0.39, 0.29) is 31.3 Å². The lowest BCUT2D eigenvalue weighted by molar-refractivity contribution is -0.156. The molecule has 1 saturated heterocycles. The SMILES string of the molecule is O=C(NCC(=O)N1C[C@H](n2ccc(NC(=O)c3ccccc3)nc2=O)C[C@@H]1C(=O)OC(c1ccccc1)c1ccccc1)OCC1c2ccccc2-c2ccccc21. The van der Waals surface area contributed by atoms with E-state index in [1.54, 1.807) is 30.3 Å². The zero-order valence-corrected chi connectivity index (χ0v) is 31.3. The topological polar surface area (TPSA) is 149 Å². The number of aromatic nitrogens is 2. The average molecular weight is 774 g/mol. The van der Waals surface area contributed by atoms with Crippen LogP contribution < -0.4 is 16.3 Å². The number of hydrogen-bond donors (Lipinski definition) is 2. The number of fused-ring (bicyclic) bond motifs is 3. The first-order valence-corrected chi connectivity index (χ1v) is 19.0. The summed E-state index contributed by atoms with van der Waals surface area (Å²) < 4.78 is 13.2. The van der Waals surface area contributed by atoms with E-state index < -0.39 is 54.3 Å². The number of esters is 1. The molecule has 0 saturated carbocycles. The second-order valence-electron chi connectivity index (χ2n) is 14.1. The van der Waals surface area contributed by atoms with Crippen LogP contribution in [0.25, 0.3) is 11.1 Å². The molecule has 12 heteroatoms. The summed E-state index contributed by atoms with van der Waals surface area (Å²) >= 11 is 0. The first kappa shape index (κ1) is 37.6. The Balaban J connectivity index is 0.989. The summed E-state index contributed by atoms with van der Waals surface area (Å²) in [6, 6.07) is 42.7. The largest absolute Gasteiger partial charge is 0.451 e. The predicted octanol–water partition coefficient (Wildman–Crippen LogP) is 6.51. The van der Waals surface area contributed by atoms with E-state index in [9.17, 15) is 24.0 Å². The number of nitrogens with zero attached hydrogens (tertiary/aromatic N) is 3. The molecule has 1 aliphatic heterocycles. The Morgan fingerprint density at radius 2 is 1.29 bits per heavy atom. The van der Waals surface area contributed by atoms with Crippen LogP contribution in [0.2, 0.25) is 0 Å². The van der Waals surface area contributed by atoms with Crippen LogP contribution in [0.15, 0.2) is 157 Å². The van der Waals surface area contributed by atoms with Crippen molar-refractivity contribution >= 4 is 29.7 Å². The maximum atomic E-state index is 14.2. The Morgan fingerprint density at radius 3 is 1.90 bits per heavy atom. The molecule has 2 aliphatic rings. The minimum Gasteiger partial charge on any atom is -0.451 e. The van der Waals surface area contributed by atoms with Crippen molar-refractivity contribution < 1.29 is 28.7 Å². The fraction of sp³-hybridized carbons (Fsp3) is 0.174. The van der Waals surface area contributed by atoms with Gasteiger partial charge in [-0.3, -0.25) is 14.2 Å². The molecule has 1 aromatic heterocycles. The summed E-state index contributed by atoms with van der Waals surface area (Å²) in [6.07, 6.45) is -0.0557. The third-order valence-corrected chi connectivity index (χ3v) is 10.5. The Kier molecular flexibility index (Phi) is 10.9. The van der Waals surface area contributed by atoms with E-state index in [2.05, 4.69) is 15.6 Å². The van der Waals surface area contributed by atoms with Gasteiger partial charge in [0.15, 0.2) is 6.10 Å². The number of hydrogen-bond acceptors (Lipinski definition) is 8. The molecule has 5 aromatic carbocycles. The summed E-state index contributed by atoms with van der Waals surface area (Å²) in [7, 11) is 0. The standard InChI is InChI=1S/C46H39N5O7/c52-41(27-47-46(56)57-29-38-36-22-12-10-20-34(36)35-21-11-13-23-37(35)38)51-28-33(50-25-24-40(49-45(50)55)48-43(53)32-18-8-3-9-19-32)26-39(51)44(54)58-42(30-14-4-1-5-15-30)31-16-6-2-7-17-31/h1-25,33,38-39,42H,26-29H2,(H,47,56)(H,48,49,53,55)/t33-,39-/m1/s1. The van der Waals surface area contributed by atoms with E-state index in [0.29, 0.717) is 5.56 Å². The Morgan fingerprint density at radius 1 is 0.724 bits per heavy atom. The van der Waals surface area contributed by atoms with Crippen LogP contribution in [-0.2, 0) is 19.1 Å². The van der Waals surface area contributed by atoms with E-state index in [4.69, 9.17) is 9.47 Å². The van der Waals surface area contributed by atoms with Crippen molar-refractivity contribution in [2.75, 3.05) is 25.0 Å². The molecule has 0 spiro atoms. The monoisotopic (exact) mass is 773 g/mol. The number of benzene rings is 5. The number of nitrogens with one attached hydrogen (secondary N) is 2. The van der Waals surface area contributed by atoms with Crippen molar-refractivity contribution in [3.8, 4) is 11.1 Å². The van der Waals surface area contributed by atoms with Crippen LogP contribution in [0, 0.1) is 0 Å². The number of ether oxygens (including phenoxy) is 2. The Bertz CT molecular complexity index is 2430. The Labute approximate surface area is 334 Å². The lowest BCUT2D eigenvalue weighted by Crippen LogP contribution is -2.46. The molecular formula is C46H39N5O7. The summed E-state index contributed by atoms with van der Waals surface area (Å²) in [5, 5.41) is 5.20. The van der Waals surface area contributed by atoms with Gasteiger partial charge in [-0.25, -0.2) is 14.4 Å². The van der Waals surface area contributed by atoms with Crippen LogP contribution in [-0.4, -0.2) is 64.1 Å². The third-order valence-electron chi connectivity index (χ3n) is 10.5. The van der Waals surface area contributed by atoms with Gasteiger partial charge in [0, 0.05) is 30.6 Å². The Hall–Kier alpha value is -7.34. The highest BCUT2D eigenvalue weighted by atomic mass is 16.6. The number of amides is 3. The van der Waals surface area contributed by atoms with Gasteiger partial charge in [0.25, 0.3) is 5.91 Å². The number of likely N-dealkylation sites (tertiary alicyclic amines) is 1. The lowest BCUT2D eigenvalue weighted by atomic mass is 9.98. The van der Waals surface area contributed by atoms with Gasteiger partial charge >= 0.3 is 17.8 Å². The molecular weight excluding hydrogens is 735 g/mol. The summed E-state index contributed by atoms with van der Waals surface area (Å²) in [6.45, 7) is -0.456. The number of alkyl carbamates (subject to hydrolysis) is 1. The van der Waals surface area contributed by atoms with Gasteiger partial charge in [-0.15, -0.1) is 0 Å². The number of anilines is 1. The molecule has 12 nitrogen and oxygen atoms in total. The molecule has 1 fully saturated rings. The summed E-state index contributed by atoms with van der Waals surface area (Å²) in [5.74, 6) is -1.79. The smallest absolute Gasteiger partial charge is 0.407 e. The number of carbonyl (C=O) groups is 4. The van der Waals surface area contributed by atoms with E-state index in [0.717, 1.165) is 33.4 Å². The van der Waals surface area contributed by atoms with Gasteiger partial charge in [-0.05, 0) is 51.6 Å². The zero-order valence-electron chi connectivity index (χ0n) is 31.3. The lowest BCUT2D eigenvalue weighted by Gasteiger charge is -2.26. The highest BCUT2D eigenvalue weighted by molar-refractivity contribution is 6.03. The van der Waals surface area contributed by atoms with Crippen molar-refractivity contribution in [1.82, 2.24) is 19.8 Å². The molecule has 6 aromatic rings. The molecule has 58 heavy (non-hydrogen) atoms. The highest BCUT2D eigenvalue weighted by Gasteiger charge is 2.43. The van der Waals surface area contributed by atoms with Crippen molar-refractivity contribution in [2.24, 2.45) is 0 Å². The van der Waals surface area contributed by atoms with Crippen molar-refractivity contribution in [3.05, 3.63) is 190 Å². The van der Waals surface area contributed by atoms with Gasteiger partial charge in [0.1, 0.15) is 25.0 Å². The van der Waals surface area contributed by atoms with Crippen LogP contribution in [0.5, 0.6) is 0 Å². The number of rotatable bonds is 11. The van der Waals surface area contributed by atoms with Gasteiger partial charge in [-0.2, -0.15) is 4.98 Å². The van der Waals surface area contributed by atoms with Gasteiger partial charge in [0.05, 0.1) is 6.04 Å². The fourth-order valence-corrected chi connectivity index (χ4v) is 7.73. The first-order chi connectivity index (χ1) is 28.3. The van der Waals surface area contributed by atoms with Crippen LogP contribution in [0.3, 0.4) is 0 Å². The van der Waals surface area contributed by atoms with Crippen molar-refractivity contribution in [1.29, 1.82) is 0 Å². The quantitative estimate of drug-likeness (QED) is 0.142. The van der Waals surface area contributed by atoms with Gasteiger partial charge in [-0.1, -0.05) is 127 Å². The highest BCUT2D eigenvalue weighted by Crippen LogP contribution is 2.44. The molecule has 0 bridgehead atoms. The summed E-state index contributed by atoms with van der Waals surface area (Å²) in [4.78, 5) is 72.7. The molecule has 8 rings (SSSR count). The predicted molar refractivity (Wildman–Crippen MR) is 216 cm³/mol. The third kappa shape index (κ3) is 7.98. The molecule has 2 heterocycles. The molecule has 2 N–H and O–H groups in total. The minimum atomic E-state index is -1.11. The maximum Gasteiger partial charge on any atom is 0.407 e. The van der Waals surface area contributed by atoms with Crippen molar-refractivity contribution in [3.63, 3.8) is 0 Å². The summed E-state index contributed by atoms with van der Waals surface area (Å²) in [5.41, 5.74) is 5.48. The number of carbonyl (C=O) groups excluding carboxylic acids is 4. The maximum absolute atomic E-state index is 14.2. The van der Waals surface area contributed by atoms with E-state index >= 15 is 0 Å². The van der Waals surface area contributed by atoms with Gasteiger partial charge in [0.2, 0.25) is 5.91 Å². The zero-order chi connectivity index (χ0) is 40.0.